The summed E-state index contributed by atoms with van der Waals surface area (Å²) < 4.78 is 23.0. The van der Waals surface area contributed by atoms with Crippen LogP contribution in [0.4, 0.5) is 11.4 Å². The molecule has 0 fully saturated rings. The van der Waals surface area contributed by atoms with Gasteiger partial charge in [0.05, 0.1) is 22.1 Å². The lowest BCUT2D eigenvalue weighted by Crippen LogP contribution is -2.13. The van der Waals surface area contributed by atoms with Crippen LogP contribution in [-0.4, -0.2) is 18.3 Å². The Balaban J connectivity index is 1.81. The molecule has 1 heterocycles. The highest BCUT2D eigenvalue weighted by Gasteiger charge is 2.16. The van der Waals surface area contributed by atoms with Crippen LogP contribution < -0.4 is 10.5 Å². The molecule has 10 heteroatoms. The molecule has 0 atom stereocenters. The van der Waals surface area contributed by atoms with Crippen molar-refractivity contribution in [2.24, 2.45) is 5.14 Å². The molecule has 0 aliphatic heterocycles. The van der Waals surface area contributed by atoms with Gasteiger partial charge in [0.1, 0.15) is 5.01 Å². The van der Waals surface area contributed by atoms with Gasteiger partial charge in [0.15, 0.2) is 0 Å². The van der Waals surface area contributed by atoms with Gasteiger partial charge >= 0.3 is 0 Å². The first kappa shape index (κ1) is 18.0. The Morgan fingerprint density at radius 3 is 2.58 bits per heavy atom. The topological polar surface area (TPSA) is 128 Å². The summed E-state index contributed by atoms with van der Waals surface area (Å²) in [5, 5.41) is 21.8. The summed E-state index contributed by atoms with van der Waals surface area (Å²) in [6.45, 7) is 0.286. The molecule has 26 heavy (non-hydrogen) atoms. The molecule has 3 rings (SSSR count). The van der Waals surface area contributed by atoms with Crippen LogP contribution in [0.1, 0.15) is 5.69 Å². The minimum Gasteiger partial charge on any atom is -0.379 e. The predicted octanol–water partition coefficient (Wildman–Crippen LogP) is 2.98. The first-order chi connectivity index (χ1) is 12.3. The van der Waals surface area contributed by atoms with Gasteiger partial charge in [-0.05, 0) is 6.07 Å². The van der Waals surface area contributed by atoms with Gasteiger partial charge in [-0.3, -0.25) is 10.1 Å². The molecule has 2 aromatic carbocycles. The number of nitro groups is 1. The van der Waals surface area contributed by atoms with E-state index in [9.17, 15) is 18.5 Å². The van der Waals surface area contributed by atoms with Gasteiger partial charge in [-0.1, -0.05) is 30.3 Å². The minimum atomic E-state index is -4.05. The number of sulfonamides is 1. The highest BCUT2D eigenvalue weighted by atomic mass is 32.2. The van der Waals surface area contributed by atoms with Crippen molar-refractivity contribution in [3.8, 4) is 10.6 Å². The molecule has 0 aliphatic rings. The molecular formula is C16H14N4O4S2. The van der Waals surface area contributed by atoms with Crippen molar-refractivity contribution in [1.29, 1.82) is 0 Å². The summed E-state index contributed by atoms with van der Waals surface area (Å²) in [5.74, 6) is 0. The molecule has 0 unspecified atom stereocenters. The standard InChI is InChI=1S/C16H14N4O4S2/c17-26(23,24)15-7-12(6-14(8-15)20(21)22)18-9-13-10-25-16(19-13)11-4-2-1-3-5-11/h1-8,10,18H,9H2,(H2,17,23,24). The molecule has 3 N–H and O–H groups in total. The Bertz CT molecular complexity index is 1050. The number of nitro benzene ring substituents is 1. The quantitative estimate of drug-likeness (QED) is 0.492. The first-order valence-electron chi connectivity index (χ1n) is 7.39. The summed E-state index contributed by atoms with van der Waals surface area (Å²) in [5.41, 5.74) is 1.65. The summed E-state index contributed by atoms with van der Waals surface area (Å²) in [7, 11) is -4.05. The highest BCUT2D eigenvalue weighted by Crippen LogP contribution is 2.26. The lowest BCUT2D eigenvalue weighted by atomic mass is 10.2. The van der Waals surface area contributed by atoms with Crippen molar-refractivity contribution in [3.05, 3.63) is 69.7 Å². The smallest absolute Gasteiger partial charge is 0.272 e. The number of aromatic nitrogens is 1. The van der Waals surface area contributed by atoms with Crippen LogP contribution >= 0.6 is 11.3 Å². The number of nitrogens with two attached hydrogens (primary N) is 1. The average molecular weight is 390 g/mol. The molecule has 1 aromatic heterocycles. The van der Waals surface area contributed by atoms with Crippen LogP contribution in [0.15, 0.2) is 58.8 Å². The third-order valence-electron chi connectivity index (χ3n) is 3.48. The monoisotopic (exact) mass is 390 g/mol. The molecule has 3 aromatic rings. The van der Waals surface area contributed by atoms with Crippen molar-refractivity contribution >= 4 is 32.7 Å². The number of benzene rings is 2. The fourth-order valence-corrected chi connectivity index (χ4v) is 3.65. The molecule has 8 nitrogen and oxygen atoms in total. The van der Waals surface area contributed by atoms with E-state index in [2.05, 4.69) is 10.3 Å². The number of rotatable bonds is 6. The second-order valence-corrected chi connectivity index (χ2v) is 7.80. The van der Waals surface area contributed by atoms with Crippen molar-refractivity contribution in [2.45, 2.75) is 11.4 Å². The largest absolute Gasteiger partial charge is 0.379 e. The van der Waals surface area contributed by atoms with Crippen LogP contribution in [0.5, 0.6) is 0 Å². The van der Waals surface area contributed by atoms with Crippen LogP contribution in [0.3, 0.4) is 0 Å². The molecule has 0 saturated carbocycles. The Kier molecular flexibility index (Phi) is 4.98. The normalized spacial score (nSPS) is 11.3. The fraction of sp³-hybridized carbons (Fsp3) is 0.0625. The number of hydrogen-bond acceptors (Lipinski definition) is 7. The van der Waals surface area contributed by atoms with Gasteiger partial charge < -0.3 is 5.32 Å². The van der Waals surface area contributed by atoms with Crippen molar-refractivity contribution in [1.82, 2.24) is 4.98 Å². The van der Waals surface area contributed by atoms with Gasteiger partial charge in [-0.2, -0.15) is 0 Å². The van der Waals surface area contributed by atoms with E-state index in [0.29, 0.717) is 0 Å². The minimum absolute atomic E-state index is 0.275. The van der Waals surface area contributed by atoms with Crippen LogP contribution in [0, 0.1) is 10.1 Å². The average Bonchev–Trinajstić information content (AvgIpc) is 3.09. The number of non-ortho nitro benzene ring substituents is 1. The summed E-state index contributed by atoms with van der Waals surface area (Å²) in [6, 6.07) is 13.1. The van der Waals surface area contributed by atoms with Crippen LogP contribution in [0.25, 0.3) is 10.6 Å². The number of nitrogens with zero attached hydrogens (tertiary/aromatic N) is 2. The zero-order valence-corrected chi connectivity index (χ0v) is 15.0. The third kappa shape index (κ3) is 4.23. The lowest BCUT2D eigenvalue weighted by Gasteiger charge is -2.07. The summed E-state index contributed by atoms with van der Waals surface area (Å²) in [6.07, 6.45) is 0. The van der Waals surface area contributed by atoms with Gasteiger partial charge in [-0.25, -0.2) is 18.5 Å². The van der Waals surface area contributed by atoms with Gasteiger partial charge in [0.2, 0.25) is 10.0 Å². The van der Waals surface area contributed by atoms with E-state index in [-0.39, 0.29) is 22.8 Å². The Morgan fingerprint density at radius 2 is 1.92 bits per heavy atom. The SMILES string of the molecule is NS(=O)(=O)c1cc(NCc2csc(-c3ccccc3)n2)cc([N+](=O)[O-])c1. The Morgan fingerprint density at radius 1 is 1.19 bits per heavy atom. The first-order valence-corrected chi connectivity index (χ1v) is 9.81. The maximum atomic E-state index is 11.5. The maximum Gasteiger partial charge on any atom is 0.272 e. The van der Waals surface area contributed by atoms with Gasteiger partial charge in [-0.15, -0.1) is 11.3 Å². The number of thiazole rings is 1. The van der Waals surface area contributed by atoms with Gasteiger partial charge in [0.25, 0.3) is 5.69 Å². The van der Waals surface area contributed by atoms with Crippen LogP contribution in [0.2, 0.25) is 0 Å². The van der Waals surface area contributed by atoms with Crippen LogP contribution in [-0.2, 0) is 16.6 Å². The van der Waals surface area contributed by atoms with E-state index in [1.54, 1.807) is 0 Å². The predicted molar refractivity (Wildman–Crippen MR) is 99.3 cm³/mol. The van der Waals surface area contributed by atoms with E-state index in [4.69, 9.17) is 5.14 Å². The Hall–Kier alpha value is -2.82. The molecule has 0 saturated heterocycles. The zero-order chi connectivity index (χ0) is 18.7. The lowest BCUT2D eigenvalue weighted by molar-refractivity contribution is -0.385. The molecule has 0 aliphatic carbocycles. The van der Waals surface area contributed by atoms with Crippen molar-refractivity contribution in [3.63, 3.8) is 0 Å². The van der Waals surface area contributed by atoms with Gasteiger partial charge in [0, 0.05) is 28.8 Å². The van der Waals surface area contributed by atoms with E-state index in [1.165, 1.54) is 23.5 Å². The number of hydrogen-bond donors (Lipinski definition) is 2. The summed E-state index contributed by atoms with van der Waals surface area (Å²) >= 11 is 1.48. The van der Waals surface area contributed by atoms with Crippen molar-refractivity contribution < 1.29 is 13.3 Å². The van der Waals surface area contributed by atoms with E-state index >= 15 is 0 Å². The summed E-state index contributed by atoms with van der Waals surface area (Å²) in [4.78, 5) is 14.5. The number of anilines is 1. The van der Waals surface area contributed by atoms with E-state index < -0.39 is 14.9 Å². The fourth-order valence-electron chi connectivity index (χ4n) is 2.25. The molecule has 0 amide bonds. The third-order valence-corrected chi connectivity index (χ3v) is 5.31. The number of nitrogens with one attached hydrogen (secondary N) is 1. The van der Waals surface area contributed by atoms with E-state index in [1.807, 2.05) is 35.7 Å². The molecular weight excluding hydrogens is 376 g/mol. The van der Waals surface area contributed by atoms with Crippen molar-refractivity contribution in [2.75, 3.05) is 5.32 Å². The molecule has 0 spiro atoms. The number of primary sulfonamides is 1. The maximum absolute atomic E-state index is 11.5. The second kappa shape index (κ2) is 7.20. The zero-order valence-electron chi connectivity index (χ0n) is 13.3. The molecule has 0 bridgehead atoms. The van der Waals surface area contributed by atoms with E-state index in [0.717, 1.165) is 22.3 Å². The Labute approximate surface area is 153 Å². The molecule has 0 radical (unpaired) electrons. The highest BCUT2D eigenvalue weighted by molar-refractivity contribution is 7.89. The molecule has 134 valence electrons. The second-order valence-electron chi connectivity index (χ2n) is 5.38.